The number of hydrogen-bond acceptors (Lipinski definition) is 5. The molecule has 5 nitrogen and oxygen atoms in total. The van der Waals surface area contributed by atoms with Gasteiger partial charge in [-0.25, -0.2) is 0 Å². The molecule has 0 aliphatic carbocycles. The van der Waals surface area contributed by atoms with Gasteiger partial charge >= 0.3 is 0 Å². The fraction of sp³-hybridized carbons (Fsp3) is 0.130. The topological polar surface area (TPSA) is 59.8 Å². The van der Waals surface area contributed by atoms with E-state index in [2.05, 4.69) is 27.5 Å². The zero-order valence-corrected chi connectivity index (χ0v) is 19.2. The minimum Gasteiger partial charge on any atom is -0.338 e. The minimum atomic E-state index is -3.18. The van der Waals surface area contributed by atoms with E-state index in [1.165, 1.54) is 17.3 Å². The van der Waals surface area contributed by atoms with E-state index in [9.17, 15) is 4.57 Å². The number of aromatic nitrogens is 3. The van der Waals surface area contributed by atoms with Crippen LogP contribution in [-0.4, -0.2) is 14.5 Å². The highest BCUT2D eigenvalue weighted by atomic mass is 35.5. The van der Waals surface area contributed by atoms with E-state index in [-0.39, 0.29) is 0 Å². The molecule has 0 radical (unpaired) electrons. The Morgan fingerprint density at radius 3 is 2.45 bits per heavy atom. The van der Waals surface area contributed by atoms with E-state index in [0.717, 1.165) is 22.2 Å². The number of nitrogens with one attached hydrogen (secondary N) is 1. The summed E-state index contributed by atoms with van der Waals surface area (Å²) >= 11 is 7.61. The van der Waals surface area contributed by atoms with Gasteiger partial charge in [0.05, 0.1) is 0 Å². The first kappa shape index (κ1) is 20.4. The van der Waals surface area contributed by atoms with Crippen LogP contribution in [-0.2, 0) is 10.3 Å². The lowest BCUT2D eigenvalue weighted by atomic mass is 10.2. The Hall–Kier alpha value is -2.53. The fourth-order valence-electron chi connectivity index (χ4n) is 3.63. The van der Waals surface area contributed by atoms with Crippen LogP contribution in [0, 0.1) is 6.92 Å². The summed E-state index contributed by atoms with van der Waals surface area (Å²) in [6.07, 6.45) is 0. The molecule has 8 heteroatoms. The van der Waals surface area contributed by atoms with Gasteiger partial charge in [0, 0.05) is 16.1 Å². The molecule has 5 rings (SSSR count). The normalized spacial score (nSPS) is 19.7. The summed E-state index contributed by atoms with van der Waals surface area (Å²) in [5.41, 5.74) is 3.19. The summed E-state index contributed by atoms with van der Waals surface area (Å²) in [4.78, 5) is 4.64. The van der Waals surface area contributed by atoms with Gasteiger partial charge in [0.15, 0.2) is 0 Å². The van der Waals surface area contributed by atoms with Gasteiger partial charge in [0.2, 0.25) is 18.4 Å². The Bertz CT molecular complexity index is 1260. The lowest BCUT2D eigenvalue weighted by Gasteiger charge is -2.21. The molecule has 1 N–H and O–H groups in total. The van der Waals surface area contributed by atoms with Gasteiger partial charge < -0.3 is 5.32 Å². The van der Waals surface area contributed by atoms with Gasteiger partial charge in [0.1, 0.15) is 5.78 Å². The number of benzene rings is 3. The maximum absolute atomic E-state index is 14.6. The second kappa shape index (κ2) is 8.19. The van der Waals surface area contributed by atoms with Gasteiger partial charge in [-0.05, 0) is 42.3 Å². The van der Waals surface area contributed by atoms with Gasteiger partial charge in [-0.3, -0.25) is 4.57 Å². The van der Waals surface area contributed by atoms with Gasteiger partial charge in [0.25, 0.3) is 0 Å². The summed E-state index contributed by atoms with van der Waals surface area (Å²) in [7, 11) is -3.18. The molecule has 0 saturated carbocycles. The molecular weight excluding hydrogens is 447 g/mol. The molecule has 4 aromatic rings. The third-order valence-corrected chi connectivity index (χ3v) is 9.44. The van der Waals surface area contributed by atoms with Crippen LogP contribution in [0.2, 0.25) is 5.02 Å². The highest BCUT2D eigenvalue weighted by Crippen LogP contribution is 2.64. The third kappa shape index (κ3) is 3.80. The van der Waals surface area contributed by atoms with Crippen LogP contribution in [0.25, 0.3) is 0 Å². The van der Waals surface area contributed by atoms with Crippen LogP contribution < -0.4 is 10.6 Å². The second-order valence-corrected chi connectivity index (χ2v) is 11.5. The lowest BCUT2D eigenvalue weighted by molar-refractivity contribution is 0.568. The Balaban J connectivity index is 1.53. The number of thioether (sulfide) groups is 1. The van der Waals surface area contributed by atoms with Gasteiger partial charge in [-0.15, -0.1) is 5.10 Å². The minimum absolute atomic E-state index is 0.448. The molecule has 31 heavy (non-hydrogen) atoms. The average molecular weight is 467 g/mol. The van der Waals surface area contributed by atoms with E-state index >= 15 is 0 Å². The smallest absolute Gasteiger partial charge is 0.248 e. The summed E-state index contributed by atoms with van der Waals surface area (Å²) in [5, 5.41) is 10.0. The van der Waals surface area contributed by atoms with Crippen molar-refractivity contribution < 1.29 is 4.57 Å². The number of rotatable bonds is 5. The number of fused-ring (bicyclic) bond motifs is 1. The molecule has 2 atom stereocenters. The van der Waals surface area contributed by atoms with Crippen molar-refractivity contribution in [1.29, 1.82) is 0 Å². The molecule has 1 aliphatic heterocycles. The third-order valence-electron chi connectivity index (χ3n) is 5.27. The zero-order chi connectivity index (χ0) is 21.4. The standard InChI is InChI=1S/C23H20ClN4OPS/c1-16-7-13-20(14-8-16)30(29)21(18-9-11-19(24)12-10-18)25-22-26-23(27-28(22)30)31-15-17-5-3-2-4-6-17/h2-14,21H,15H2,1H3,(H,25,26,27). The Kier molecular flexibility index (Phi) is 5.39. The van der Waals surface area contributed by atoms with Crippen LogP contribution in [0.4, 0.5) is 5.95 Å². The number of nitrogens with zero attached hydrogens (tertiary/aromatic N) is 3. The van der Waals surface area contributed by atoms with Crippen molar-refractivity contribution in [3.63, 3.8) is 0 Å². The molecule has 1 aliphatic rings. The molecule has 2 unspecified atom stereocenters. The van der Waals surface area contributed by atoms with E-state index in [0.29, 0.717) is 16.1 Å². The molecule has 1 aromatic heterocycles. The Morgan fingerprint density at radius 2 is 1.74 bits per heavy atom. The SMILES string of the molecule is Cc1ccc(P2(=O)C(c3ccc(Cl)cc3)Nc3nc(SCc4ccccc4)nn32)cc1. The van der Waals surface area contributed by atoms with Gasteiger partial charge in [-0.1, -0.05) is 83.5 Å². The van der Waals surface area contributed by atoms with E-state index in [1.807, 2.05) is 73.7 Å². The molecule has 3 aromatic carbocycles. The first-order chi connectivity index (χ1) is 15.0. The van der Waals surface area contributed by atoms with Crippen molar-refractivity contribution in [3.05, 3.63) is 101 Å². The number of anilines is 1. The molecule has 0 amide bonds. The summed E-state index contributed by atoms with van der Waals surface area (Å²) < 4.78 is 16.2. The highest BCUT2D eigenvalue weighted by molar-refractivity contribution is 7.98. The fourth-order valence-corrected chi connectivity index (χ4v) is 7.38. The second-order valence-electron chi connectivity index (χ2n) is 7.44. The van der Waals surface area contributed by atoms with Gasteiger partial charge in [-0.2, -0.15) is 9.44 Å². The predicted molar refractivity (Wildman–Crippen MR) is 128 cm³/mol. The lowest BCUT2D eigenvalue weighted by Crippen LogP contribution is -2.16. The van der Waals surface area contributed by atoms with Crippen LogP contribution in [0.5, 0.6) is 0 Å². The van der Waals surface area contributed by atoms with Crippen molar-refractivity contribution >= 4 is 41.9 Å². The molecule has 0 saturated heterocycles. The predicted octanol–water partition coefficient (Wildman–Crippen LogP) is 6.11. The summed E-state index contributed by atoms with van der Waals surface area (Å²) in [6, 6.07) is 25.4. The maximum Gasteiger partial charge on any atom is 0.248 e. The van der Waals surface area contributed by atoms with Crippen molar-refractivity contribution in [3.8, 4) is 0 Å². The first-order valence-electron chi connectivity index (χ1n) is 9.87. The summed E-state index contributed by atoms with van der Waals surface area (Å²) in [6.45, 7) is 2.02. The van der Waals surface area contributed by atoms with Crippen LogP contribution in [0.1, 0.15) is 22.5 Å². The van der Waals surface area contributed by atoms with Crippen molar-refractivity contribution in [2.45, 2.75) is 23.6 Å². The van der Waals surface area contributed by atoms with E-state index in [4.69, 9.17) is 11.6 Å². The van der Waals surface area contributed by atoms with Crippen molar-refractivity contribution in [2.75, 3.05) is 5.32 Å². The molecule has 156 valence electrons. The molecular formula is C23H20ClN4OPS. The zero-order valence-electron chi connectivity index (χ0n) is 16.8. The van der Waals surface area contributed by atoms with Crippen LogP contribution in [0.15, 0.2) is 84.0 Å². The molecule has 0 spiro atoms. The van der Waals surface area contributed by atoms with E-state index < -0.39 is 13.1 Å². The van der Waals surface area contributed by atoms with Crippen molar-refractivity contribution in [2.24, 2.45) is 0 Å². The quantitative estimate of drug-likeness (QED) is 0.284. The monoisotopic (exact) mass is 466 g/mol. The molecule has 2 heterocycles. The Morgan fingerprint density at radius 1 is 1.03 bits per heavy atom. The van der Waals surface area contributed by atoms with Crippen LogP contribution in [0.3, 0.4) is 0 Å². The number of hydrogen-bond donors (Lipinski definition) is 1. The maximum atomic E-state index is 14.6. The van der Waals surface area contributed by atoms with Crippen molar-refractivity contribution in [1.82, 2.24) is 14.5 Å². The number of aryl methyl sites for hydroxylation is 1. The first-order valence-corrected chi connectivity index (χ1v) is 13.0. The average Bonchev–Trinajstić information content (AvgIpc) is 3.32. The molecule has 0 bridgehead atoms. The summed E-state index contributed by atoms with van der Waals surface area (Å²) in [5.74, 6) is 0.829. The van der Waals surface area contributed by atoms with Crippen LogP contribution >= 0.6 is 30.7 Å². The largest absolute Gasteiger partial charge is 0.338 e. The number of halogens is 1. The van der Waals surface area contributed by atoms with E-state index in [1.54, 1.807) is 4.45 Å². The highest BCUT2D eigenvalue weighted by Gasteiger charge is 2.47. The Labute approximate surface area is 190 Å². The molecule has 0 fully saturated rings.